The molecule has 0 aliphatic heterocycles. The molecule has 1 aromatic rings. The highest BCUT2D eigenvalue weighted by Crippen LogP contribution is 2.17. The third kappa shape index (κ3) is 6.22. The lowest BCUT2D eigenvalue weighted by Gasteiger charge is -2.22. The van der Waals surface area contributed by atoms with Crippen LogP contribution < -0.4 is 5.32 Å². The molecule has 2 heteroatoms. The van der Waals surface area contributed by atoms with Crippen molar-refractivity contribution < 1.29 is 0 Å². The van der Waals surface area contributed by atoms with Gasteiger partial charge in [0.2, 0.25) is 0 Å². The third-order valence-corrected chi connectivity index (χ3v) is 3.77. The average Bonchev–Trinajstić information content (AvgIpc) is 2.41. The van der Waals surface area contributed by atoms with Gasteiger partial charge in [-0.05, 0) is 52.5 Å². The Morgan fingerprint density at radius 1 is 1.11 bits per heavy atom. The number of nitrogens with one attached hydrogen (secondary N) is 1. The molecule has 0 heterocycles. The summed E-state index contributed by atoms with van der Waals surface area (Å²) in [5.41, 5.74) is 2.73. The minimum absolute atomic E-state index is 0.467. The Bertz CT molecular complexity index is 332. The van der Waals surface area contributed by atoms with Gasteiger partial charge in [0.25, 0.3) is 0 Å². The fourth-order valence-corrected chi connectivity index (χ4v) is 2.37. The average molecular weight is 262 g/mol. The van der Waals surface area contributed by atoms with Crippen molar-refractivity contribution in [2.24, 2.45) is 0 Å². The topological polar surface area (TPSA) is 15.3 Å². The van der Waals surface area contributed by atoms with E-state index in [0.29, 0.717) is 6.04 Å². The van der Waals surface area contributed by atoms with E-state index < -0.39 is 0 Å². The van der Waals surface area contributed by atoms with E-state index in [-0.39, 0.29) is 0 Å². The predicted octanol–water partition coefficient (Wildman–Crippen LogP) is 3.77. The van der Waals surface area contributed by atoms with Crippen LogP contribution in [0.3, 0.4) is 0 Å². The second-order valence-corrected chi connectivity index (χ2v) is 5.55. The molecule has 0 spiro atoms. The summed E-state index contributed by atoms with van der Waals surface area (Å²) in [4.78, 5) is 2.45. The van der Waals surface area contributed by atoms with E-state index in [4.69, 9.17) is 0 Å². The molecule has 1 rings (SSSR count). The quantitative estimate of drug-likeness (QED) is 0.682. The summed E-state index contributed by atoms with van der Waals surface area (Å²) in [7, 11) is 4.29. The molecule has 0 aliphatic rings. The molecule has 1 N–H and O–H groups in total. The SMILES string of the molecule is CCCCCN(C)CCC(NC)c1ccc(C)cc1. The first kappa shape index (κ1) is 16.2. The maximum absolute atomic E-state index is 3.43. The number of benzene rings is 1. The van der Waals surface area contributed by atoms with Gasteiger partial charge in [-0.1, -0.05) is 49.6 Å². The van der Waals surface area contributed by atoms with Gasteiger partial charge in [-0.2, -0.15) is 0 Å². The number of nitrogens with zero attached hydrogens (tertiary/aromatic N) is 1. The number of hydrogen-bond donors (Lipinski definition) is 1. The Kier molecular flexibility index (Phi) is 7.76. The molecule has 0 fully saturated rings. The molecule has 0 aromatic heterocycles. The van der Waals surface area contributed by atoms with Crippen LogP contribution in [0.15, 0.2) is 24.3 Å². The zero-order valence-electron chi connectivity index (χ0n) is 13.1. The van der Waals surface area contributed by atoms with E-state index in [9.17, 15) is 0 Å². The van der Waals surface area contributed by atoms with Crippen LogP contribution in [0, 0.1) is 6.92 Å². The lowest BCUT2D eigenvalue weighted by molar-refractivity contribution is 0.304. The molecule has 1 unspecified atom stereocenters. The summed E-state index contributed by atoms with van der Waals surface area (Å²) in [5, 5.41) is 3.43. The van der Waals surface area contributed by atoms with Gasteiger partial charge in [0.05, 0.1) is 0 Å². The van der Waals surface area contributed by atoms with Gasteiger partial charge in [0.15, 0.2) is 0 Å². The van der Waals surface area contributed by atoms with Gasteiger partial charge in [0, 0.05) is 6.04 Å². The van der Waals surface area contributed by atoms with E-state index in [1.54, 1.807) is 0 Å². The highest BCUT2D eigenvalue weighted by atomic mass is 15.1. The first-order valence-corrected chi connectivity index (χ1v) is 7.59. The van der Waals surface area contributed by atoms with Crippen LogP contribution in [-0.4, -0.2) is 32.1 Å². The highest BCUT2D eigenvalue weighted by molar-refractivity contribution is 5.24. The van der Waals surface area contributed by atoms with E-state index in [1.165, 1.54) is 43.4 Å². The Morgan fingerprint density at radius 2 is 1.79 bits per heavy atom. The Morgan fingerprint density at radius 3 is 2.37 bits per heavy atom. The molecule has 0 radical (unpaired) electrons. The van der Waals surface area contributed by atoms with E-state index in [2.05, 4.69) is 62.4 Å². The number of aryl methyl sites for hydroxylation is 1. The Hall–Kier alpha value is -0.860. The largest absolute Gasteiger partial charge is 0.313 e. The molecule has 0 bridgehead atoms. The Balaban J connectivity index is 2.38. The fraction of sp³-hybridized carbons (Fsp3) is 0.647. The molecule has 2 nitrogen and oxygen atoms in total. The van der Waals surface area contributed by atoms with Crippen LogP contribution in [0.1, 0.15) is 49.8 Å². The first-order valence-electron chi connectivity index (χ1n) is 7.59. The van der Waals surface area contributed by atoms with Gasteiger partial charge in [0.1, 0.15) is 0 Å². The molecular formula is C17H30N2. The Labute approximate surface area is 119 Å². The van der Waals surface area contributed by atoms with Crippen molar-refractivity contribution in [1.29, 1.82) is 0 Å². The van der Waals surface area contributed by atoms with Crippen molar-refractivity contribution in [2.45, 2.75) is 45.6 Å². The lowest BCUT2D eigenvalue weighted by Crippen LogP contribution is -2.26. The van der Waals surface area contributed by atoms with Gasteiger partial charge < -0.3 is 10.2 Å². The maximum atomic E-state index is 3.43. The number of unbranched alkanes of at least 4 members (excludes halogenated alkanes) is 2. The molecule has 0 saturated carbocycles. The summed E-state index contributed by atoms with van der Waals surface area (Å²) < 4.78 is 0. The van der Waals surface area contributed by atoms with Crippen LogP contribution in [0.2, 0.25) is 0 Å². The second-order valence-electron chi connectivity index (χ2n) is 5.55. The third-order valence-electron chi connectivity index (χ3n) is 3.77. The molecule has 19 heavy (non-hydrogen) atoms. The predicted molar refractivity (Wildman–Crippen MR) is 84.6 cm³/mol. The van der Waals surface area contributed by atoms with E-state index in [0.717, 1.165) is 6.54 Å². The molecule has 0 amide bonds. The van der Waals surface area contributed by atoms with Gasteiger partial charge in [-0.3, -0.25) is 0 Å². The van der Waals surface area contributed by atoms with Gasteiger partial charge in [-0.25, -0.2) is 0 Å². The molecule has 1 aromatic carbocycles. The molecule has 1 atom stereocenters. The molecule has 0 aliphatic carbocycles. The van der Waals surface area contributed by atoms with Crippen molar-refractivity contribution in [3.05, 3.63) is 35.4 Å². The van der Waals surface area contributed by atoms with Crippen LogP contribution in [-0.2, 0) is 0 Å². The van der Waals surface area contributed by atoms with Crippen molar-refractivity contribution in [3.8, 4) is 0 Å². The normalized spacial score (nSPS) is 12.9. The van der Waals surface area contributed by atoms with Crippen LogP contribution in [0.25, 0.3) is 0 Å². The van der Waals surface area contributed by atoms with Crippen LogP contribution in [0.5, 0.6) is 0 Å². The summed E-state index contributed by atoms with van der Waals surface area (Å²) >= 11 is 0. The summed E-state index contributed by atoms with van der Waals surface area (Å²) in [6, 6.07) is 9.35. The summed E-state index contributed by atoms with van der Waals surface area (Å²) in [6.07, 6.45) is 5.14. The minimum Gasteiger partial charge on any atom is -0.313 e. The van der Waals surface area contributed by atoms with Gasteiger partial charge in [-0.15, -0.1) is 0 Å². The van der Waals surface area contributed by atoms with Crippen molar-refractivity contribution >= 4 is 0 Å². The zero-order chi connectivity index (χ0) is 14.1. The number of rotatable bonds is 9. The highest BCUT2D eigenvalue weighted by Gasteiger charge is 2.09. The van der Waals surface area contributed by atoms with Crippen LogP contribution >= 0.6 is 0 Å². The van der Waals surface area contributed by atoms with E-state index in [1.807, 2.05) is 0 Å². The first-order chi connectivity index (χ1) is 9.17. The maximum Gasteiger partial charge on any atom is 0.0329 e. The van der Waals surface area contributed by atoms with Crippen molar-refractivity contribution in [2.75, 3.05) is 27.2 Å². The zero-order valence-corrected chi connectivity index (χ0v) is 13.1. The smallest absolute Gasteiger partial charge is 0.0329 e. The monoisotopic (exact) mass is 262 g/mol. The standard InChI is InChI=1S/C17H30N2/c1-5-6-7-13-19(4)14-12-17(18-3)16-10-8-15(2)9-11-16/h8-11,17-18H,5-7,12-14H2,1-4H3. The summed E-state index contributed by atoms with van der Waals surface area (Å²) in [5.74, 6) is 0. The van der Waals surface area contributed by atoms with Crippen molar-refractivity contribution in [3.63, 3.8) is 0 Å². The lowest BCUT2D eigenvalue weighted by atomic mass is 10.0. The number of hydrogen-bond acceptors (Lipinski definition) is 2. The van der Waals surface area contributed by atoms with Gasteiger partial charge >= 0.3 is 0 Å². The van der Waals surface area contributed by atoms with E-state index >= 15 is 0 Å². The minimum atomic E-state index is 0.467. The molecular weight excluding hydrogens is 232 g/mol. The van der Waals surface area contributed by atoms with Crippen LogP contribution in [0.4, 0.5) is 0 Å². The molecule has 0 saturated heterocycles. The fourth-order valence-electron chi connectivity index (χ4n) is 2.37. The molecule has 108 valence electrons. The summed E-state index contributed by atoms with van der Waals surface area (Å²) in [6.45, 7) is 6.77. The van der Waals surface area contributed by atoms with Crippen molar-refractivity contribution in [1.82, 2.24) is 10.2 Å². The second kappa shape index (κ2) is 9.11.